The normalized spacial score (nSPS) is 22.8. The standard InChI is InChI=1S/C29H43N7O2S/c1-8-19(5)36-28(33-21(7)24-20(6)31-17-32-26(24)23-10-11-23)25(18(3)4)34-27(29(36)37)30-16-22-12-14-35(15-13-22)39(38)9-2/h17,19,22-23H,7-16H2,1-6H3,(H,30,34)/t19-,39?/m1/s1. The van der Waals surface area contributed by atoms with Crippen LogP contribution in [0.5, 0.6) is 0 Å². The predicted octanol–water partition coefficient (Wildman–Crippen LogP) is 4.35. The summed E-state index contributed by atoms with van der Waals surface area (Å²) in [5.74, 6) is 2.19. The predicted molar refractivity (Wildman–Crippen MR) is 159 cm³/mol. The van der Waals surface area contributed by atoms with Gasteiger partial charge >= 0.3 is 0 Å². The van der Waals surface area contributed by atoms with Crippen LogP contribution in [0.3, 0.4) is 0 Å². The van der Waals surface area contributed by atoms with Gasteiger partial charge in [0, 0.05) is 42.9 Å². The Morgan fingerprint density at radius 1 is 1.21 bits per heavy atom. The first-order valence-electron chi connectivity index (χ1n) is 14.2. The lowest BCUT2D eigenvalue weighted by molar-refractivity contribution is -0.122. The minimum absolute atomic E-state index is 0.0750. The quantitative estimate of drug-likeness (QED) is 0.490. The van der Waals surface area contributed by atoms with Crippen molar-refractivity contribution in [2.45, 2.75) is 85.6 Å². The van der Waals surface area contributed by atoms with Gasteiger partial charge in [0.2, 0.25) is 0 Å². The monoisotopic (exact) mass is 553 g/mol. The molecule has 2 aliphatic heterocycles. The second-order valence-electron chi connectivity index (χ2n) is 11.0. The van der Waals surface area contributed by atoms with Crippen LogP contribution in [-0.4, -0.2) is 72.4 Å². The third-order valence-corrected chi connectivity index (χ3v) is 9.26. The van der Waals surface area contributed by atoms with Crippen molar-refractivity contribution in [3.05, 3.63) is 41.1 Å². The molecule has 0 bridgehead atoms. The molecule has 4 rings (SSSR count). The van der Waals surface area contributed by atoms with Gasteiger partial charge in [0.1, 0.15) is 6.33 Å². The molecular formula is C29H43N7O2S. The maximum atomic E-state index is 13.9. The highest BCUT2D eigenvalue weighted by atomic mass is 32.2. The van der Waals surface area contributed by atoms with E-state index in [1.165, 1.54) is 0 Å². The van der Waals surface area contributed by atoms with Gasteiger partial charge in [-0.3, -0.25) is 14.7 Å². The van der Waals surface area contributed by atoms with E-state index in [1.54, 1.807) is 11.2 Å². The molecule has 1 saturated carbocycles. The molecule has 1 unspecified atom stereocenters. The molecule has 2 saturated heterocycles. The smallest absolute Gasteiger partial charge is 0.295 e. The molecule has 3 heterocycles. The zero-order valence-corrected chi connectivity index (χ0v) is 25.1. The molecule has 9 nitrogen and oxygen atoms in total. The van der Waals surface area contributed by atoms with Crippen molar-refractivity contribution in [1.82, 2.24) is 24.5 Å². The van der Waals surface area contributed by atoms with E-state index in [0.29, 0.717) is 41.5 Å². The zero-order chi connectivity index (χ0) is 28.3. The Labute approximate surface area is 235 Å². The third-order valence-electron chi connectivity index (χ3n) is 7.82. The number of aryl methyl sites for hydroxylation is 1. The van der Waals surface area contributed by atoms with E-state index in [9.17, 15) is 9.00 Å². The van der Waals surface area contributed by atoms with Gasteiger partial charge in [0.05, 0.1) is 33.8 Å². The number of piperidine rings is 1. The Hall–Kier alpha value is -2.72. The van der Waals surface area contributed by atoms with Crippen molar-refractivity contribution in [2.24, 2.45) is 15.9 Å². The van der Waals surface area contributed by atoms with Crippen LogP contribution in [0.2, 0.25) is 0 Å². The van der Waals surface area contributed by atoms with Gasteiger partial charge in [0.15, 0.2) is 11.7 Å². The van der Waals surface area contributed by atoms with Gasteiger partial charge < -0.3 is 5.32 Å². The number of piperazine rings is 1. The molecule has 39 heavy (non-hydrogen) atoms. The van der Waals surface area contributed by atoms with Crippen molar-refractivity contribution >= 4 is 34.3 Å². The third kappa shape index (κ3) is 6.54. The first-order valence-corrected chi connectivity index (χ1v) is 15.5. The Bertz CT molecular complexity index is 1220. The molecule has 10 heteroatoms. The van der Waals surface area contributed by atoms with Crippen molar-refractivity contribution in [3.8, 4) is 0 Å². The summed E-state index contributed by atoms with van der Waals surface area (Å²) >= 11 is 0. The number of carbonyl (C=O) groups is 1. The SMILES string of the molecule is C=C(N=C1C(=C(C)C)NC(=NCC2CCN(S(=O)CC)CC2)C(=O)N1[C@H](C)CC)c1c(C)ncnc1C1CC1. The fourth-order valence-electron chi connectivity index (χ4n) is 5.11. The van der Waals surface area contributed by atoms with Crippen molar-refractivity contribution in [3.63, 3.8) is 0 Å². The Morgan fingerprint density at radius 3 is 2.49 bits per heavy atom. The first kappa shape index (κ1) is 29.3. The van der Waals surface area contributed by atoms with E-state index >= 15 is 0 Å². The lowest BCUT2D eigenvalue weighted by Gasteiger charge is -2.37. The van der Waals surface area contributed by atoms with E-state index in [2.05, 4.69) is 28.8 Å². The fraction of sp³-hybridized carbons (Fsp3) is 0.621. The molecule has 1 aromatic heterocycles. The zero-order valence-electron chi connectivity index (χ0n) is 24.3. The second-order valence-corrected chi connectivity index (χ2v) is 12.7. The summed E-state index contributed by atoms with van der Waals surface area (Å²) in [4.78, 5) is 34.4. The summed E-state index contributed by atoms with van der Waals surface area (Å²) < 4.78 is 14.2. The number of hydrogen-bond donors (Lipinski definition) is 1. The van der Waals surface area contributed by atoms with Crippen LogP contribution in [0.25, 0.3) is 5.70 Å². The molecule has 1 N–H and O–H groups in total. The minimum atomic E-state index is -0.899. The van der Waals surface area contributed by atoms with Crippen LogP contribution < -0.4 is 5.32 Å². The lowest BCUT2D eigenvalue weighted by Crippen LogP contribution is -2.57. The molecule has 2 atom stereocenters. The van der Waals surface area contributed by atoms with E-state index in [0.717, 1.165) is 73.4 Å². The number of rotatable bonds is 9. The van der Waals surface area contributed by atoms with Gasteiger partial charge in [-0.15, -0.1) is 0 Å². The number of aliphatic imine (C=N–C) groups is 2. The lowest BCUT2D eigenvalue weighted by atomic mass is 9.98. The summed E-state index contributed by atoms with van der Waals surface area (Å²) in [6.07, 6.45) is 6.46. The average molecular weight is 554 g/mol. The molecule has 212 valence electrons. The minimum Gasteiger partial charge on any atom is -0.333 e. The van der Waals surface area contributed by atoms with Crippen LogP contribution in [-0.2, 0) is 15.8 Å². The Balaban J connectivity index is 1.62. The van der Waals surface area contributed by atoms with Crippen LogP contribution in [0.15, 0.2) is 34.2 Å². The van der Waals surface area contributed by atoms with Crippen molar-refractivity contribution < 1.29 is 9.00 Å². The van der Waals surface area contributed by atoms with Gasteiger partial charge in [-0.25, -0.2) is 23.5 Å². The van der Waals surface area contributed by atoms with Crippen LogP contribution in [0, 0.1) is 12.8 Å². The highest BCUT2D eigenvalue weighted by Crippen LogP contribution is 2.42. The molecule has 1 aliphatic carbocycles. The van der Waals surface area contributed by atoms with E-state index in [4.69, 9.17) is 9.98 Å². The number of hydrogen-bond acceptors (Lipinski definition) is 6. The van der Waals surface area contributed by atoms with E-state index in [1.807, 2.05) is 38.9 Å². The number of amidine groups is 2. The molecule has 1 amide bonds. The van der Waals surface area contributed by atoms with Gasteiger partial charge in [0.25, 0.3) is 5.91 Å². The molecule has 3 fully saturated rings. The maximum absolute atomic E-state index is 13.9. The molecule has 3 aliphatic rings. The summed E-state index contributed by atoms with van der Waals surface area (Å²) in [7, 11) is -0.899. The molecule has 1 aromatic rings. The molecule has 0 radical (unpaired) electrons. The van der Waals surface area contributed by atoms with Crippen molar-refractivity contribution in [1.29, 1.82) is 0 Å². The topological polar surface area (TPSA) is 103 Å². The Morgan fingerprint density at radius 2 is 1.90 bits per heavy atom. The van der Waals surface area contributed by atoms with Gasteiger partial charge in [-0.2, -0.15) is 0 Å². The van der Waals surface area contributed by atoms with Crippen LogP contribution in [0.4, 0.5) is 0 Å². The van der Waals surface area contributed by atoms with Gasteiger partial charge in [-0.1, -0.05) is 20.4 Å². The fourth-order valence-corrected chi connectivity index (χ4v) is 6.10. The van der Waals surface area contributed by atoms with Crippen LogP contribution in [0.1, 0.15) is 89.6 Å². The van der Waals surface area contributed by atoms with Crippen LogP contribution >= 0.6 is 0 Å². The number of carbonyl (C=O) groups excluding carboxylic acids is 1. The van der Waals surface area contributed by atoms with E-state index in [-0.39, 0.29) is 11.9 Å². The van der Waals surface area contributed by atoms with Crippen molar-refractivity contribution in [2.75, 3.05) is 25.4 Å². The summed E-state index contributed by atoms with van der Waals surface area (Å²) in [6, 6.07) is -0.0750. The number of nitrogens with one attached hydrogen (secondary N) is 1. The Kier molecular flexibility index (Phi) is 9.48. The van der Waals surface area contributed by atoms with Gasteiger partial charge in [-0.05, 0) is 71.3 Å². The number of nitrogens with zero attached hydrogens (tertiary/aromatic N) is 6. The number of amides is 1. The molecule has 0 spiro atoms. The molecule has 0 aromatic carbocycles. The first-order chi connectivity index (χ1) is 18.7. The number of allylic oxidation sites excluding steroid dienone is 1. The summed E-state index contributed by atoms with van der Waals surface area (Å²) in [5.41, 5.74) is 5.09. The largest absolute Gasteiger partial charge is 0.333 e. The molecular weight excluding hydrogens is 510 g/mol. The number of aromatic nitrogens is 2. The maximum Gasteiger partial charge on any atom is 0.295 e. The summed E-state index contributed by atoms with van der Waals surface area (Å²) in [5, 5.41) is 3.33. The average Bonchev–Trinajstić information content (AvgIpc) is 3.77. The highest BCUT2D eigenvalue weighted by molar-refractivity contribution is 7.82. The van der Waals surface area contributed by atoms with E-state index < -0.39 is 11.0 Å². The highest BCUT2D eigenvalue weighted by Gasteiger charge is 2.37. The summed E-state index contributed by atoms with van der Waals surface area (Å²) in [6.45, 7) is 18.5. The second kappa shape index (κ2) is 12.6.